The third-order valence-corrected chi connectivity index (χ3v) is 5.22. The molecule has 1 saturated carbocycles. The lowest BCUT2D eigenvalue weighted by Gasteiger charge is -2.37. The van der Waals surface area contributed by atoms with Crippen LogP contribution in [-0.2, 0) is 14.8 Å². The molecule has 0 amide bonds. The molecule has 0 aromatic heterocycles. The molecule has 10 heteroatoms. The van der Waals surface area contributed by atoms with Crippen LogP contribution >= 0.6 is 11.6 Å². The van der Waals surface area contributed by atoms with Gasteiger partial charge in [-0.3, -0.25) is 14.9 Å². The van der Waals surface area contributed by atoms with E-state index in [1.165, 1.54) is 0 Å². The molecule has 0 radical (unpaired) electrons. The van der Waals surface area contributed by atoms with Crippen molar-refractivity contribution in [3.63, 3.8) is 0 Å². The highest BCUT2D eigenvalue weighted by Crippen LogP contribution is 2.34. The minimum absolute atomic E-state index is 0.178. The van der Waals surface area contributed by atoms with Gasteiger partial charge in [0.1, 0.15) is 10.6 Å². The van der Waals surface area contributed by atoms with Crippen molar-refractivity contribution in [2.45, 2.75) is 29.7 Å². The van der Waals surface area contributed by atoms with E-state index in [-0.39, 0.29) is 17.9 Å². The first kappa shape index (κ1) is 15.7. The van der Waals surface area contributed by atoms with Gasteiger partial charge in [-0.2, -0.15) is 4.72 Å². The van der Waals surface area contributed by atoms with Gasteiger partial charge in [-0.15, -0.1) is 0 Å². The van der Waals surface area contributed by atoms with Crippen molar-refractivity contribution in [3.8, 4) is 0 Å². The molecular weight excluding hydrogens is 324 g/mol. The number of carboxylic acid groups (broad SMARTS) is 1. The number of nitrogens with one attached hydrogen (secondary N) is 1. The van der Waals surface area contributed by atoms with Gasteiger partial charge in [-0.1, -0.05) is 11.6 Å². The highest BCUT2D eigenvalue weighted by Gasteiger charge is 2.47. The molecule has 0 atom stereocenters. The van der Waals surface area contributed by atoms with Crippen molar-refractivity contribution >= 4 is 33.3 Å². The van der Waals surface area contributed by atoms with Crippen LogP contribution in [0.3, 0.4) is 0 Å². The largest absolute Gasteiger partial charge is 0.480 e. The molecule has 2 N–H and O–H groups in total. The van der Waals surface area contributed by atoms with Gasteiger partial charge >= 0.3 is 5.97 Å². The summed E-state index contributed by atoms with van der Waals surface area (Å²) in [7, 11) is -4.19. The molecule has 1 aromatic carbocycles. The zero-order valence-electron chi connectivity index (χ0n) is 10.6. The van der Waals surface area contributed by atoms with Crippen LogP contribution in [0.2, 0.25) is 5.02 Å². The fraction of sp³-hybridized carbons (Fsp3) is 0.364. The van der Waals surface area contributed by atoms with Crippen molar-refractivity contribution in [2.75, 3.05) is 0 Å². The molecule has 1 aliphatic carbocycles. The van der Waals surface area contributed by atoms with Gasteiger partial charge in [0.05, 0.1) is 9.82 Å². The predicted molar refractivity (Wildman–Crippen MR) is 72.6 cm³/mol. The Morgan fingerprint density at radius 1 is 1.43 bits per heavy atom. The molecule has 0 spiro atoms. The van der Waals surface area contributed by atoms with E-state index in [2.05, 4.69) is 4.72 Å². The van der Waals surface area contributed by atoms with Crippen LogP contribution in [0, 0.1) is 10.1 Å². The van der Waals surface area contributed by atoms with E-state index >= 15 is 0 Å². The molecule has 0 bridgehead atoms. The van der Waals surface area contributed by atoms with Crippen molar-refractivity contribution in [1.29, 1.82) is 0 Å². The van der Waals surface area contributed by atoms with Crippen LogP contribution in [0.15, 0.2) is 23.1 Å². The third-order valence-electron chi connectivity index (χ3n) is 3.37. The van der Waals surface area contributed by atoms with Crippen LogP contribution in [0.1, 0.15) is 19.3 Å². The number of aliphatic carboxylic acids is 1. The molecule has 114 valence electrons. The molecule has 1 fully saturated rings. The van der Waals surface area contributed by atoms with Crippen LogP contribution in [0.5, 0.6) is 0 Å². The van der Waals surface area contributed by atoms with Gasteiger partial charge in [0, 0.05) is 6.07 Å². The smallest absolute Gasteiger partial charge is 0.324 e. The first-order valence-corrected chi connectivity index (χ1v) is 7.75. The van der Waals surface area contributed by atoms with Crippen LogP contribution in [0.4, 0.5) is 5.69 Å². The van der Waals surface area contributed by atoms with Crippen molar-refractivity contribution in [2.24, 2.45) is 0 Å². The average Bonchev–Trinajstić information content (AvgIpc) is 2.33. The zero-order chi connectivity index (χ0) is 15.8. The number of rotatable bonds is 5. The Balaban J connectivity index is 2.38. The van der Waals surface area contributed by atoms with E-state index in [0.29, 0.717) is 6.42 Å². The van der Waals surface area contributed by atoms with Crippen molar-refractivity contribution in [3.05, 3.63) is 33.3 Å². The normalized spacial score (nSPS) is 17.0. The van der Waals surface area contributed by atoms with Gasteiger partial charge in [0.15, 0.2) is 0 Å². The fourth-order valence-electron chi connectivity index (χ4n) is 2.01. The van der Waals surface area contributed by atoms with Gasteiger partial charge in [-0.25, -0.2) is 8.42 Å². The molecular formula is C11H11ClN2O6S. The number of carboxylic acids is 1. The lowest BCUT2D eigenvalue weighted by atomic mass is 9.78. The van der Waals surface area contributed by atoms with Gasteiger partial charge in [0.2, 0.25) is 10.0 Å². The monoisotopic (exact) mass is 334 g/mol. The van der Waals surface area contributed by atoms with E-state index in [0.717, 1.165) is 18.2 Å². The van der Waals surface area contributed by atoms with Gasteiger partial charge in [-0.05, 0) is 31.4 Å². The maximum Gasteiger partial charge on any atom is 0.324 e. The molecule has 8 nitrogen and oxygen atoms in total. The Hall–Kier alpha value is -1.71. The number of nitrogens with zero attached hydrogens (tertiary/aromatic N) is 1. The lowest BCUT2D eigenvalue weighted by Crippen LogP contribution is -2.58. The Labute approximate surface area is 124 Å². The summed E-state index contributed by atoms with van der Waals surface area (Å²) in [5.41, 5.74) is -2.09. The van der Waals surface area contributed by atoms with Crippen LogP contribution < -0.4 is 4.72 Å². The standard InChI is InChI=1S/C11H11ClN2O6S/c12-8-3-2-7(6-9(8)14(17)18)21(19,20)13-11(10(15)16)4-1-5-11/h2-3,6,13H,1,4-5H2,(H,15,16). The SMILES string of the molecule is O=C(O)C1(NS(=O)(=O)c2ccc(Cl)c([N+](=O)[O-])c2)CCC1. The molecule has 1 aromatic rings. The summed E-state index contributed by atoms with van der Waals surface area (Å²) in [5, 5.41) is 19.7. The summed E-state index contributed by atoms with van der Waals surface area (Å²) in [4.78, 5) is 20.8. The summed E-state index contributed by atoms with van der Waals surface area (Å²) in [6.45, 7) is 0. The second kappa shape index (κ2) is 5.24. The van der Waals surface area contributed by atoms with Gasteiger partial charge in [0.25, 0.3) is 5.69 Å². The van der Waals surface area contributed by atoms with E-state index in [1.807, 2.05) is 0 Å². The highest BCUT2D eigenvalue weighted by molar-refractivity contribution is 7.89. The maximum atomic E-state index is 12.2. The van der Waals surface area contributed by atoms with E-state index in [1.54, 1.807) is 0 Å². The molecule has 0 heterocycles. The average molecular weight is 335 g/mol. The topological polar surface area (TPSA) is 127 Å². The summed E-state index contributed by atoms with van der Waals surface area (Å²) < 4.78 is 26.5. The summed E-state index contributed by atoms with van der Waals surface area (Å²) >= 11 is 5.61. The quantitative estimate of drug-likeness (QED) is 0.621. The molecule has 0 unspecified atom stereocenters. The fourth-order valence-corrected chi connectivity index (χ4v) is 3.63. The highest BCUT2D eigenvalue weighted by atomic mass is 35.5. The molecule has 21 heavy (non-hydrogen) atoms. The zero-order valence-corrected chi connectivity index (χ0v) is 12.1. The van der Waals surface area contributed by atoms with E-state index < -0.39 is 37.0 Å². The molecule has 0 saturated heterocycles. The first-order valence-electron chi connectivity index (χ1n) is 5.89. The van der Waals surface area contributed by atoms with Gasteiger partial charge < -0.3 is 5.11 Å². The number of hydrogen-bond acceptors (Lipinski definition) is 5. The number of carbonyl (C=O) groups is 1. The minimum atomic E-state index is -4.19. The summed E-state index contributed by atoms with van der Waals surface area (Å²) in [6.07, 6.45) is 0.948. The number of sulfonamides is 1. The number of nitro groups is 1. The summed E-state index contributed by atoms with van der Waals surface area (Å²) in [5.74, 6) is -1.26. The second-order valence-corrected chi connectivity index (χ2v) is 6.81. The third kappa shape index (κ3) is 2.85. The Morgan fingerprint density at radius 2 is 2.05 bits per heavy atom. The number of benzene rings is 1. The lowest BCUT2D eigenvalue weighted by molar-refractivity contribution is -0.384. The Kier molecular flexibility index (Phi) is 3.91. The first-order chi connectivity index (χ1) is 9.68. The minimum Gasteiger partial charge on any atom is -0.480 e. The van der Waals surface area contributed by atoms with Crippen molar-refractivity contribution in [1.82, 2.24) is 4.72 Å². The number of hydrogen-bond donors (Lipinski definition) is 2. The molecule has 0 aliphatic heterocycles. The molecule has 2 rings (SSSR count). The Morgan fingerprint density at radius 3 is 2.48 bits per heavy atom. The van der Waals surface area contributed by atoms with Crippen LogP contribution in [-0.4, -0.2) is 30.0 Å². The predicted octanol–water partition coefficient (Wildman–Crippen LogP) is 1.53. The van der Waals surface area contributed by atoms with Crippen LogP contribution in [0.25, 0.3) is 0 Å². The van der Waals surface area contributed by atoms with E-state index in [9.17, 15) is 23.3 Å². The van der Waals surface area contributed by atoms with E-state index in [4.69, 9.17) is 16.7 Å². The van der Waals surface area contributed by atoms with Crippen molar-refractivity contribution < 1.29 is 23.2 Å². The summed E-state index contributed by atoms with van der Waals surface area (Å²) in [6, 6.07) is 2.98. The number of halogens is 1. The maximum absolute atomic E-state index is 12.2. The Bertz CT molecular complexity index is 713. The molecule has 1 aliphatic rings. The second-order valence-electron chi connectivity index (χ2n) is 4.72. The number of nitro benzene ring substituents is 1.